The summed E-state index contributed by atoms with van der Waals surface area (Å²) in [6, 6.07) is 10.5. The van der Waals surface area contributed by atoms with E-state index in [1.165, 1.54) is 10.9 Å². The van der Waals surface area contributed by atoms with Crippen LogP contribution >= 0.6 is 11.6 Å². The van der Waals surface area contributed by atoms with Gasteiger partial charge in [0.05, 0.1) is 21.6 Å². The van der Waals surface area contributed by atoms with E-state index in [4.69, 9.17) is 21.1 Å². The number of fused-ring (bicyclic) bond motifs is 2. The average Bonchev–Trinajstić information content (AvgIpc) is 2.95. The summed E-state index contributed by atoms with van der Waals surface area (Å²) in [6.07, 6.45) is 1.48. The molecule has 2 heterocycles. The highest BCUT2D eigenvalue weighted by atomic mass is 35.5. The fraction of sp³-hybridized carbons (Fsp3) is 0.0667. The van der Waals surface area contributed by atoms with E-state index < -0.39 is 0 Å². The van der Waals surface area contributed by atoms with Crippen LogP contribution in [0.4, 0.5) is 0 Å². The number of hydrogen-bond donors (Lipinski definition) is 0. The maximum atomic E-state index is 12.6. The lowest BCUT2D eigenvalue weighted by Crippen LogP contribution is -2.19. The van der Waals surface area contributed by atoms with Gasteiger partial charge in [0.2, 0.25) is 6.79 Å². The Hall–Kier alpha value is -2.53. The van der Waals surface area contributed by atoms with Gasteiger partial charge in [-0.05, 0) is 24.3 Å². The molecule has 0 saturated heterocycles. The van der Waals surface area contributed by atoms with Crippen LogP contribution in [0.15, 0.2) is 47.5 Å². The summed E-state index contributed by atoms with van der Waals surface area (Å²) in [7, 11) is 0. The van der Waals surface area contributed by atoms with Crippen LogP contribution in [0, 0.1) is 0 Å². The third kappa shape index (κ3) is 1.86. The molecule has 0 atom stereocenters. The summed E-state index contributed by atoms with van der Waals surface area (Å²) >= 11 is 6.12. The Balaban J connectivity index is 1.97. The molecule has 5 nitrogen and oxygen atoms in total. The van der Waals surface area contributed by atoms with Crippen LogP contribution in [-0.4, -0.2) is 16.3 Å². The van der Waals surface area contributed by atoms with Crippen LogP contribution in [0.2, 0.25) is 5.02 Å². The number of nitrogens with zero attached hydrogens (tertiary/aromatic N) is 2. The van der Waals surface area contributed by atoms with Gasteiger partial charge in [0.15, 0.2) is 11.5 Å². The maximum Gasteiger partial charge on any atom is 0.267 e. The molecule has 1 aliphatic heterocycles. The van der Waals surface area contributed by atoms with Crippen molar-refractivity contribution in [3.63, 3.8) is 0 Å². The van der Waals surface area contributed by atoms with Gasteiger partial charge < -0.3 is 9.47 Å². The number of aromatic nitrogens is 2. The Morgan fingerprint density at radius 3 is 2.90 bits per heavy atom. The van der Waals surface area contributed by atoms with Crippen molar-refractivity contribution in [3.8, 4) is 17.2 Å². The maximum absolute atomic E-state index is 12.6. The lowest BCUT2D eigenvalue weighted by Gasteiger charge is -2.08. The highest BCUT2D eigenvalue weighted by Gasteiger charge is 2.15. The van der Waals surface area contributed by atoms with E-state index in [9.17, 15) is 4.79 Å². The van der Waals surface area contributed by atoms with Gasteiger partial charge in [-0.15, -0.1) is 0 Å². The minimum atomic E-state index is -0.218. The number of benzene rings is 2. The Labute approximate surface area is 124 Å². The number of ether oxygens (including phenoxy) is 2. The molecule has 0 fully saturated rings. The van der Waals surface area contributed by atoms with E-state index in [0.29, 0.717) is 33.1 Å². The third-order valence-corrected chi connectivity index (χ3v) is 3.69. The zero-order valence-electron chi connectivity index (χ0n) is 10.7. The zero-order chi connectivity index (χ0) is 14.4. The van der Waals surface area contributed by atoms with Crippen molar-refractivity contribution in [2.45, 2.75) is 0 Å². The van der Waals surface area contributed by atoms with Crippen LogP contribution < -0.4 is 15.0 Å². The average molecular weight is 301 g/mol. The summed E-state index contributed by atoms with van der Waals surface area (Å²) in [6.45, 7) is 0.190. The smallest absolute Gasteiger partial charge is 0.267 e. The van der Waals surface area contributed by atoms with Gasteiger partial charge in [-0.3, -0.25) is 9.36 Å². The molecule has 0 aliphatic carbocycles. The van der Waals surface area contributed by atoms with E-state index in [0.717, 1.165) is 0 Å². The summed E-state index contributed by atoms with van der Waals surface area (Å²) in [4.78, 5) is 16.9. The van der Waals surface area contributed by atoms with Crippen LogP contribution in [0.25, 0.3) is 16.6 Å². The first-order chi connectivity index (χ1) is 10.2. The zero-order valence-corrected chi connectivity index (χ0v) is 11.5. The Bertz CT molecular complexity index is 920. The first kappa shape index (κ1) is 12.2. The predicted octanol–water partition coefficient (Wildman–Crippen LogP) is 2.77. The number of hydrogen-bond acceptors (Lipinski definition) is 4. The molecule has 0 unspecified atom stereocenters. The van der Waals surface area contributed by atoms with Crippen molar-refractivity contribution in [3.05, 3.63) is 58.1 Å². The molecule has 0 N–H and O–H groups in total. The molecule has 0 amide bonds. The van der Waals surface area contributed by atoms with Crippen LogP contribution in [0.5, 0.6) is 11.5 Å². The van der Waals surface area contributed by atoms with Gasteiger partial charge in [0.25, 0.3) is 5.56 Å². The molecule has 1 aromatic heterocycles. The molecular formula is C15H9ClN2O3. The van der Waals surface area contributed by atoms with Gasteiger partial charge in [-0.25, -0.2) is 4.98 Å². The lowest BCUT2D eigenvalue weighted by molar-refractivity contribution is 0.174. The van der Waals surface area contributed by atoms with Crippen molar-refractivity contribution in [1.29, 1.82) is 0 Å². The van der Waals surface area contributed by atoms with E-state index in [1.54, 1.807) is 36.4 Å². The van der Waals surface area contributed by atoms with Crippen molar-refractivity contribution >= 4 is 22.5 Å². The Morgan fingerprint density at radius 1 is 1.14 bits per heavy atom. The van der Waals surface area contributed by atoms with Crippen LogP contribution in [-0.2, 0) is 0 Å². The van der Waals surface area contributed by atoms with E-state index >= 15 is 0 Å². The van der Waals surface area contributed by atoms with Gasteiger partial charge in [0.1, 0.15) is 6.33 Å². The number of halogens is 1. The molecule has 2 aromatic carbocycles. The fourth-order valence-electron chi connectivity index (χ4n) is 2.34. The van der Waals surface area contributed by atoms with E-state index in [1.807, 2.05) is 0 Å². The van der Waals surface area contributed by atoms with Gasteiger partial charge in [0, 0.05) is 6.07 Å². The van der Waals surface area contributed by atoms with Crippen LogP contribution in [0.3, 0.4) is 0 Å². The Kier molecular flexibility index (Phi) is 2.62. The minimum absolute atomic E-state index is 0.190. The highest BCUT2D eigenvalue weighted by molar-refractivity contribution is 6.35. The monoisotopic (exact) mass is 300 g/mol. The summed E-state index contributed by atoms with van der Waals surface area (Å²) in [5, 5.41) is 0.791. The molecule has 3 aromatic rings. The van der Waals surface area contributed by atoms with Gasteiger partial charge in [-0.2, -0.15) is 0 Å². The molecule has 0 radical (unpaired) electrons. The third-order valence-electron chi connectivity index (χ3n) is 3.37. The SMILES string of the molecule is O=c1c2c(Cl)cccc2ncn1-c1ccc2c(c1)OCO2. The molecule has 0 bridgehead atoms. The topological polar surface area (TPSA) is 53.4 Å². The largest absolute Gasteiger partial charge is 0.454 e. The standard InChI is InChI=1S/C15H9ClN2O3/c16-10-2-1-3-11-14(10)15(19)18(7-17-11)9-4-5-12-13(6-9)21-8-20-12/h1-7H,8H2. The molecule has 104 valence electrons. The van der Waals surface area contributed by atoms with Crippen LogP contribution in [0.1, 0.15) is 0 Å². The molecule has 0 saturated carbocycles. The predicted molar refractivity (Wildman–Crippen MR) is 78.5 cm³/mol. The molecule has 21 heavy (non-hydrogen) atoms. The minimum Gasteiger partial charge on any atom is -0.454 e. The Morgan fingerprint density at radius 2 is 2.00 bits per heavy atom. The second kappa shape index (κ2) is 4.49. The van der Waals surface area contributed by atoms with Gasteiger partial charge in [-0.1, -0.05) is 17.7 Å². The summed E-state index contributed by atoms with van der Waals surface area (Å²) < 4.78 is 12.0. The van der Waals surface area contributed by atoms with Crippen molar-refractivity contribution in [2.75, 3.05) is 6.79 Å². The number of rotatable bonds is 1. The normalized spacial score (nSPS) is 12.8. The second-order valence-electron chi connectivity index (χ2n) is 4.59. The van der Waals surface area contributed by atoms with E-state index in [-0.39, 0.29) is 12.4 Å². The molecular weight excluding hydrogens is 292 g/mol. The first-order valence-electron chi connectivity index (χ1n) is 6.30. The molecule has 4 rings (SSSR count). The molecule has 6 heteroatoms. The first-order valence-corrected chi connectivity index (χ1v) is 6.68. The molecule has 1 aliphatic rings. The quantitative estimate of drug-likeness (QED) is 0.693. The van der Waals surface area contributed by atoms with Gasteiger partial charge >= 0.3 is 0 Å². The van der Waals surface area contributed by atoms with Crippen molar-refractivity contribution in [2.24, 2.45) is 0 Å². The van der Waals surface area contributed by atoms with E-state index in [2.05, 4.69) is 4.98 Å². The summed E-state index contributed by atoms with van der Waals surface area (Å²) in [5.41, 5.74) is 1.01. The van der Waals surface area contributed by atoms with Crippen molar-refractivity contribution < 1.29 is 9.47 Å². The fourth-order valence-corrected chi connectivity index (χ4v) is 2.59. The van der Waals surface area contributed by atoms with Crippen molar-refractivity contribution in [1.82, 2.24) is 9.55 Å². The second-order valence-corrected chi connectivity index (χ2v) is 5.00. The summed E-state index contributed by atoms with van der Waals surface area (Å²) in [5.74, 6) is 1.28. The molecule has 0 spiro atoms. The lowest BCUT2D eigenvalue weighted by atomic mass is 10.2. The highest BCUT2D eigenvalue weighted by Crippen LogP contribution is 2.33.